The molecule has 1 saturated heterocycles. The van der Waals surface area contributed by atoms with Crippen LogP contribution in [0.3, 0.4) is 0 Å². The van der Waals surface area contributed by atoms with Crippen LogP contribution in [0.1, 0.15) is 12.5 Å². The first-order valence-corrected chi connectivity index (χ1v) is 9.83. The average molecular weight is 423 g/mol. The van der Waals surface area contributed by atoms with Crippen molar-refractivity contribution in [2.45, 2.75) is 18.5 Å². The summed E-state index contributed by atoms with van der Waals surface area (Å²) >= 11 is 0. The molecule has 28 heavy (non-hydrogen) atoms. The number of carbonyl (C=O) groups excluding carboxylic acids is 1. The van der Waals surface area contributed by atoms with Crippen LogP contribution in [0.15, 0.2) is 36.4 Å². The summed E-state index contributed by atoms with van der Waals surface area (Å²) in [5.74, 6) is -1.34. The molecule has 156 valence electrons. The molecule has 0 aromatic heterocycles. The van der Waals surface area contributed by atoms with Gasteiger partial charge in [0, 0.05) is 18.7 Å². The van der Waals surface area contributed by atoms with Gasteiger partial charge in [-0.3, -0.25) is 4.90 Å². The maximum Gasteiger partial charge on any atom is 0.534 e. The minimum Gasteiger partial charge on any atom is -0.465 e. The standard InChI is InChI=1S/C17H20F3NO6S/c1-2-26-16(22)14(21-8-10-25-11-9-21)12-15(13-6-4-3-5-7-13)27-28(23,24)17(18,19)20/h3-7,12,14H,2,8-11H2,1H3/b15-12-. The van der Waals surface area contributed by atoms with E-state index >= 15 is 0 Å². The Hall–Kier alpha value is -2.11. The Bertz CT molecular complexity index is 789. The zero-order valence-electron chi connectivity index (χ0n) is 15.0. The number of nitrogens with zero attached hydrogens (tertiary/aromatic N) is 1. The van der Waals surface area contributed by atoms with Crippen molar-refractivity contribution in [2.24, 2.45) is 0 Å². The third-order valence-electron chi connectivity index (χ3n) is 3.82. The Kier molecular flexibility index (Phi) is 7.44. The molecule has 0 N–H and O–H groups in total. The lowest BCUT2D eigenvalue weighted by atomic mass is 10.1. The number of halogens is 3. The molecule has 0 saturated carbocycles. The van der Waals surface area contributed by atoms with Crippen molar-refractivity contribution in [2.75, 3.05) is 32.9 Å². The number of hydrogen-bond acceptors (Lipinski definition) is 7. The van der Waals surface area contributed by atoms with Gasteiger partial charge in [-0.2, -0.15) is 21.6 Å². The summed E-state index contributed by atoms with van der Waals surface area (Å²) < 4.78 is 76.2. The molecule has 0 radical (unpaired) electrons. The number of morpholine rings is 1. The summed E-state index contributed by atoms with van der Waals surface area (Å²) in [6.45, 7) is 2.89. The van der Waals surface area contributed by atoms with Crippen molar-refractivity contribution >= 4 is 21.8 Å². The summed E-state index contributed by atoms with van der Waals surface area (Å²) in [5.41, 5.74) is -5.54. The predicted molar refractivity (Wildman–Crippen MR) is 93.3 cm³/mol. The molecule has 1 fully saturated rings. The van der Waals surface area contributed by atoms with Crippen molar-refractivity contribution in [1.82, 2.24) is 4.90 Å². The highest BCUT2D eigenvalue weighted by atomic mass is 32.2. The van der Waals surface area contributed by atoms with Crippen LogP contribution >= 0.6 is 0 Å². The second-order valence-electron chi connectivity index (χ2n) is 5.73. The molecule has 1 aromatic carbocycles. The fourth-order valence-electron chi connectivity index (χ4n) is 2.49. The van der Waals surface area contributed by atoms with E-state index < -0.39 is 33.4 Å². The van der Waals surface area contributed by atoms with Crippen LogP contribution in [-0.4, -0.2) is 63.7 Å². The van der Waals surface area contributed by atoms with Gasteiger partial charge in [0.25, 0.3) is 0 Å². The highest BCUT2D eigenvalue weighted by Crippen LogP contribution is 2.30. The fraction of sp³-hybridized carbons (Fsp3) is 0.471. The molecule has 0 amide bonds. The zero-order valence-corrected chi connectivity index (χ0v) is 15.8. The molecule has 1 aliphatic heterocycles. The van der Waals surface area contributed by atoms with Crippen LogP contribution in [0.4, 0.5) is 13.2 Å². The van der Waals surface area contributed by atoms with Gasteiger partial charge in [-0.15, -0.1) is 0 Å². The Balaban J connectivity index is 2.47. The Morgan fingerprint density at radius 3 is 2.39 bits per heavy atom. The van der Waals surface area contributed by atoms with Gasteiger partial charge in [0.1, 0.15) is 11.8 Å². The smallest absolute Gasteiger partial charge is 0.465 e. The van der Waals surface area contributed by atoms with E-state index in [0.717, 1.165) is 6.08 Å². The lowest BCUT2D eigenvalue weighted by Gasteiger charge is -2.31. The average Bonchev–Trinajstić information content (AvgIpc) is 2.65. The van der Waals surface area contributed by atoms with Crippen LogP contribution in [0.5, 0.6) is 0 Å². The number of alkyl halides is 3. The summed E-state index contributed by atoms with van der Waals surface area (Å²) in [6.07, 6.45) is 1.03. The van der Waals surface area contributed by atoms with E-state index in [-0.39, 0.29) is 12.2 Å². The van der Waals surface area contributed by atoms with Crippen LogP contribution in [0.25, 0.3) is 5.76 Å². The highest BCUT2D eigenvalue weighted by Gasteiger charge is 2.49. The summed E-state index contributed by atoms with van der Waals surface area (Å²) in [5, 5.41) is 0. The quantitative estimate of drug-likeness (QED) is 0.288. The molecule has 1 heterocycles. The van der Waals surface area contributed by atoms with Gasteiger partial charge in [0.2, 0.25) is 0 Å². The van der Waals surface area contributed by atoms with Gasteiger partial charge in [-0.25, -0.2) is 4.79 Å². The minimum absolute atomic E-state index is 0.0515. The topological polar surface area (TPSA) is 82.1 Å². The Morgan fingerprint density at radius 1 is 1.25 bits per heavy atom. The molecule has 1 unspecified atom stereocenters. The first-order chi connectivity index (χ1) is 13.2. The van der Waals surface area contributed by atoms with Crippen molar-refractivity contribution < 1.29 is 40.0 Å². The van der Waals surface area contributed by atoms with Crippen molar-refractivity contribution in [3.05, 3.63) is 42.0 Å². The predicted octanol–water partition coefficient (Wildman–Crippen LogP) is 2.16. The van der Waals surface area contributed by atoms with E-state index in [0.29, 0.717) is 26.3 Å². The van der Waals surface area contributed by atoms with E-state index in [4.69, 9.17) is 9.47 Å². The Labute approximate surface area is 160 Å². The molecule has 0 bridgehead atoms. The molecular formula is C17H20F3NO6S. The molecule has 2 rings (SSSR count). The normalized spacial score (nSPS) is 17.8. The molecule has 1 atom stereocenters. The molecule has 7 nitrogen and oxygen atoms in total. The number of esters is 1. The van der Waals surface area contributed by atoms with Crippen molar-refractivity contribution in [3.63, 3.8) is 0 Å². The van der Waals surface area contributed by atoms with Crippen molar-refractivity contribution in [1.29, 1.82) is 0 Å². The lowest BCUT2D eigenvalue weighted by molar-refractivity contribution is -0.149. The van der Waals surface area contributed by atoms with Gasteiger partial charge in [0.15, 0.2) is 0 Å². The summed E-state index contributed by atoms with van der Waals surface area (Å²) in [6, 6.07) is 6.21. The molecule has 11 heteroatoms. The van der Waals surface area contributed by atoms with Crippen LogP contribution in [0.2, 0.25) is 0 Å². The maximum atomic E-state index is 12.8. The zero-order chi connectivity index (χ0) is 20.8. The molecule has 1 aliphatic rings. The first-order valence-electron chi connectivity index (χ1n) is 8.42. The molecule has 0 aliphatic carbocycles. The van der Waals surface area contributed by atoms with Crippen LogP contribution in [-0.2, 0) is 28.6 Å². The second-order valence-corrected chi connectivity index (χ2v) is 7.26. The molecule has 0 spiro atoms. The first kappa shape index (κ1) is 22.2. The largest absolute Gasteiger partial charge is 0.534 e. The third-order valence-corrected chi connectivity index (χ3v) is 4.78. The van der Waals surface area contributed by atoms with Gasteiger partial charge in [0.05, 0.1) is 19.8 Å². The number of hydrogen-bond donors (Lipinski definition) is 0. The van der Waals surface area contributed by atoms with Gasteiger partial charge >= 0.3 is 21.6 Å². The van der Waals surface area contributed by atoms with Crippen molar-refractivity contribution in [3.8, 4) is 0 Å². The van der Waals surface area contributed by atoms with Gasteiger partial charge in [-0.05, 0) is 13.0 Å². The SMILES string of the molecule is CCOC(=O)C(/C=C(\OS(=O)(=O)C(F)(F)F)c1ccccc1)N1CCOCC1. The van der Waals surface area contributed by atoms with E-state index in [1.54, 1.807) is 17.9 Å². The number of ether oxygens (including phenoxy) is 2. The second kappa shape index (κ2) is 9.39. The highest BCUT2D eigenvalue weighted by molar-refractivity contribution is 7.87. The van der Waals surface area contributed by atoms with E-state index in [2.05, 4.69) is 4.18 Å². The van der Waals surface area contributed by atoms with E-state index in [9.17, 15) is 26.4 Å². The molecule has 1 aromatic rings. The lowest BCUT2D eigenvalue weighted by Crippen LogP contribution is -2.47. The molecular weight excluding hydrogens is 403 g/mol. The van der Waals surface area contributed by atoms with E-state index in [1.165, 1.54) is 24.3 Å². The van der Waals surface area contributed by atoms with E-state index in [1.807, 2.05) is 0 Å². The maximum absolute atomic E-state index is 12.8. The third kappa shape index (κ3) is 5.69. The summed E-state index contributed by atoms with van der Waals surface area (Å²) in [7, 11) is -5.92. The number of rotatable bonds is 7. The minimum atomic E-state index is -5.92. The van der Waals surface area contributed by atoms with Gasteiger partial charge < -0.3 is 13.7 Å². The van der Waals surface area contributed by atoms with Crippen LogP contribution in [0, 0.1) is 0 Å². The number of carbonyl (C=O) groups is 1. The summed E-state index contributed by atoms with van der Waals surface area (Å²) in [4.78, 5) is 14.0. The monoisotopic (exact) mass is 423 g/mol. The number of benzene rings is 1. The Morgan fingerprint density at radius 2 is 1.86 bits per heavy atom. The van der Waals surface area contributed by atoms with Crippen LogP contribution < -0.4 is 0 Å². The van der Waals surface area contributed by atoms with Gasteiger partial charge in [-0.1, -0.05) is 30.3 Å². The fourth-order valence-corrected chi connectivity index (χ4v) is 2.97.